The Bertz CT molecular complexity index is 2600. The summed E-state index contributed by atoms with van der Waals surface area (Å²) in [5, 5.41) is 16.1. The minimum Gasteiger partial charge on any atom is -0.0622 e. The zero-order valence-corrected chi connectivity index (χ0v) is 23.5. The molecule has 0 atom stereocenters. The molecular weight excluding hydrogens is 504 g/mol. The van der Waals surface area contributed by atoms with E-state index in [9.17, 15) is 0 Å². The smallest absolute Gasteiger partial charge is 0.00203 e. The summed E-state index contributed by atoms with van der Waals surface area (Å²) in [7, 11) is 0. The second-order valence-electron chi connectivity index (χ2n) is 12.3. The monoisotopic (exact) mass is 530 g/mol. The number of aryl methyl sites for hydroxylation is 2. The molecule has 0 radical (unpaired) electrons. The average Bonchev–Trinajstić information content (AvgIpc) is 3.31. The van der Waals surface area contributed by atoms with Crippen molar-refractivity contribution in [3.05, 3.63) is 132 Å². The van der Waals surface area contributed by atoms with Crippen molar-refractivity contribution in [3.63, 3.8) is 0 Å². The highest BCUT2D eigenvalue weighted by molar-refractivity contribution is 6.33. The van der Waals surface area contributed by atoms with E-state index in [2.05, 4.69) is 135 Å². The highest BCUT2D eigenvalue weighted by Gasteiger charge is 2.25. The van der Waals surface area contributed by atoms with Gasteiger partial charge < -0.3 is 0 Å². The van der Waals surface area contributed by atoms with E-state index in [-0.39, 0.29) is 0 Å². The molecule has 0 amide bonds. The molecule has 9 aromatic rings. The molecule has 0 unspecified atom stereocenters. The van der Waals surface area contributed by atoms with Gasteiger partial charge in [0.25, 0.3) is 0 Å². The summed E-state index contributed by atoms with van der Waals surface area (Å²) in [6.45, 7) is 4.45. The van der Waals surface area contributed by atoms with Crippen molar-refractivity contribution >= 4 is 64.6 Å². The third-order valence-corrected chi connectivity index (χ3v) is 9.72. The Morgan fingerprint density at radius 1 is 0.310 bits per heavy atom. The van der Waals surface area contributed by atoms with Gasteiger partial charge in [0.1, 0.15) is 0 Å². The van der Waals surface area contributed by atoms with Crippen molar-refractivity contribution < 1.29 is 0 Å². The quantitative estimate of drug-likeness (QED) is 0.146. The van der Waals surface area contributed by atoms with Gasteiger partial charge >= 0.3 is 0 Å². The summed E-state index contributed by atoms with van der Waals surface area (Å²) in [6.07, 6.45) is 0. The Morgan fingerprint density at radius 2 is 0.905 bits per heavy atom. The molecule has 10 rings (SSSR count). The Hall–Kier alpha value is -5.20. The molecule has 0 heterocycles. The van der Waals surface area contributed by atoms with Crippen LogP contribution in [0.2, 0.25) is 0 Å². The van der Waals surface area contributed by atoms with Gasteiger partial charge in [-0.25, -0.2) is 0 Å². The van der Waals surface area contributed by atoms with Crippen LogP contribution in [0.4, 0.5) is 0 Å². The maximum atomic E-state index is 2.50. The first-order valence-corrected chi connectivity index (χ1v) is 14.8. The summed E-state index contributed by atoms with van der Waals surface area (Å²) in [5.41, 5.74) is 10.6. The number of hydrogen-bond acceptors (Lipinski definition) is 0. The zero-order chi connectivity index (χ0) is 27.7. The van der Waals surface area contributed by atoms with E-state index >= 15 is 0 Å². The Labute approximate surface area is 243 Å². The van der Waals surface area contributed by atoms with Crippen LogP contribution in [-0.2, 0) is 0 Å². The van der Waals surface area contributed by atoms with Crippen LogP contribution in [0.5, 0.6) is 0 Å². The topological polar surface area (TPSA) is 0 Å². The molecule has 42 heavy (non-hydrogen) atoms. The highest BCUT2D eigenvalue weighted by Crippen LogP contribution is 2.52. The molecule has 0 fully saturated rings. The van der Waals surface area contributed by atoms with Crippen LogP contribution in [0.15, 0.2) is 121 Å². The molecule has 9 aromatic carbocycles. The van der Waals surface area contributed by atoms with Gasteiger partial charge in [-0.2, -0.15) is 0 Å². The van der Waals surface area contributed by atoms with E-state index in [1.165, 1.54) is 109 Å². The Kier molecular flexibility index (Phi) is 4.15. The first-order valence-electron chi connectivity index (χ1n) is 14.8. The molecule has 0 heteroatoms. The second kappa shape index (κ2) is 7.75. The molecule has 0 saturated carbocycles. The van der Waals surface area contributed by atoms with E-state index in [0.717, 1.165) is 0 Å². The molecule has 0 bridgehead atoms. The molecule has 194 valence electrons. The second-order valence-corrected chi connectivity index (χ2v) is 12.3. The van der Waals surface area contributed by atoms with Crippen LogP contribution in [0.3, 0.4) is 0 Å². The van der Waals surface area contributed by atoms with Crippen LogP contribution >= 0.6 is 0 Å². The maximum Gasteiger partial charge on any atom is -0.00203 e. The lowest BCUT2D eigenvalue weighted by molar-refractivity contribution is 1.48. The fourth-order valence-corrected chi connectivity index (χ4v) is 8.02. The fourth-order valence-electron chi connectivity index (χ4n) is 8.02. The van der Waals surface area contributed by atoms with Crippen LogP contribution < -0.4 is 0 Å². The highest BCUT2D eigenvalue weighted by atomic mass is 14.3. The zero-order valence-electron chi connectivity index (χ0n) is 23.5. The lowest BCUT2D eigenvalue weighted by Gasteiger charge is -2.18. The SMILES string of the molecule is Cc1cc2c3c(cc(C)cc3c1)-c1cc3c(cc1-2)c(-c1ccccc1)cc1c3cc2ccc3cccc4ccc1c2c34. The minimum atomic E-state index is 1.26. The lowest BCUT2D eigenvalue weighted by atomic mass is 9.85. The van der Waals surface area contributed by atoms with Gasteiger partial charge in [-0.15, -0.1) is 0 Å². The molecule has 0 nitrogen and oxygen atoms in total. The van der Waals surface area contributed by atoms with Crippen molar-refractivity contribution in [2.45, 2.75) is 13.8 Å². The van der Waals surface area contributed by atoms with E-state index < -0.39 is 0 Å². The maximum absolute atomic E-state index is 2.50. The molecule has 0 saturated heterocycles. The van der Waals surface area contributed by atoms with E-state index in [0.29, 0.717) is 0 Å². The van der Waals surface area contributed by atoms with Crippen molar-refractivity contribution in [1.29, 1.82) is 0 Å². The Morgan fingerprint density at radius 3 is 1.64 bits per heavy atom. The molecule has 0 spiro atoms. The lowest BCUT2D eigenvalue weighted by Crippen LogP contribution is -1.90. The molecule has 1 aliphatic rings. The molecular formula is C42H26. The van der Waals surface area contributed by atoms with E-state index in [1.807, 2.05) is 0 Å². The number of benzene rings is 9. The van der Waals surface area contributed by atoms with E-state index in [1.54, 1.807) is 0 Å². The van der Waals surface area contributed by atoms with Crippen LogP contribution in [0.25, 0.3) is 98.0 Å². The van der Waals surface area contributed by atoms with Crippen LogP contribution in [-0.4, -0.2) is 0 Å². The van der Waals surface area contributed by atoms with Gasteiger partial charge in [-0.05, 0) is 147 Å². The van der Waals surface area contributed by atoms with Gasteiger partial charge in [0.2, 0.25) is 0 Å². The first kappa shape index (κ1) is 22.5. The predicted molar refractivity (Wildman–Crippen MR) is 182 cm³/mol. The van der Waals surface area contributed by atoms with Crippen molar-refractivity contribution in [2.24, 2.45) is 0 Å². The average molecular weight is 531 g/mol. The standard InChI is InChI=1S/C42H26/c1-23-15-29-16-24(2)18-39-37-22-35-32-19-28-12-11-26-9-6-10-27-13-14-30(42(28)40(26)27)33(32)20-31(25-7-4-3-5-8-25)34(35)21-36(37)38(17-23)41(29)39/h3-22H,1-2H3. The molecule has 0 N–H and O–H groups in total. The van der Waals surface area contributed by atoms with Crippen LogP contribution in [0, 0.1) is 13.8 Å². The summed E-state index contributed by atoms with van der Waals surface area (Å²) in [4.78, 5) is 0. The normalized spacial score (nSPS) is 12.5. The van der Waals surface area contributed by atoms with Gasteiger partial charge in [0.05, 0.1) is 0 Å². The summed E-state index contributed by atoms with van der Waals surface area (Å²) >= 11 is 0. The largest absolute Gasteiger partial charge is 0.0622 e. The van der Waals surface area contributed by atoms with Gasteiger partial charge in [0, 0.05) is 0 Å². The van der Waals surface area contributed by atoms with Gasteiger partial charge in [-0.1, -0.05) is 97.1 Å². The number of fused-ring (bicyclic) bond motifs is 7. The summed E-state index contributed by atoms with van der Waals surface area (Å²) < 4.78 is 0. The van der Waals surface area contributed by atoms with Crippen molar-refractivity contribution in [3.8, 4) is 33.4 Å². The molecule has 0 aliphatic heterocycles. The first-order chi connectivity index (χ1) is 20.6. The van der Waals surface area contributed by atoms with Gasteiger partial charge in [-0.3, -0.25) is 0 Å². The van der Waals surface area contributed by atoms with Crippen molar-refractivity contribution in [1.82, 2.24) is 0 Å². The summed E-state index contributed by atoms with van der Waals surface area (Å²) in [6, 6.07) is 46.2. The predicted octanol–water partition coefficient (Wildman–Crippen LogP) is 12.0. The van der Waals surface area contributed by atoms with E-state index in [4.69, 9.17) is 0 Å². The Balaban J connectivity index is 1.43. The number of hydrogen-bond donors (Lipinski definition) is 0. The van der Waals surface area contributed by atoms with Crippen LogP contribution in [0.1, 0.15) is 11.1 Å². The third-order valence-electron chi connectivity index (χ3n) is 9.72. The minimum absolute atomic E-state index is 1.26. The van der Waals surface area contributed by atoms with Crippen molar-refractivity contribution in [2.75, 3.05) is 0 Å². The molecule has 1 aliphatic carbocycles. The summed E-state index contributed by atoms with van der Waals surface area (Å²) in [5.74, 6) is 0. The third kappa shape index (κ3) is 2.82. The molecule has 0 aromatic heterocycles. The number of rotatable bonds is 1. The fraction of sp³-hybridized carbons (Fsp3) is 0.0476. The van der Waals surface area contributed by atoms with Gasteiger partial charge in [0.15, 0.2) is 0 Å².